The highest BCUT2D eigenvalue weighted by atomic mass is 32.2. The quantitative estimate of drug-likeness (QED) is 0.445. The molecule has 3 aromatic rings. The van der Waals surface area contributed by atoms with Gasteiger partial charge in [0.1, 0.15) is 10.6 Å². The van der Waals surface area contributed by atoms with Gasteiger partial charge in [0.2, 0.25) is 14.2 Å². The number of aryl methyl sites for hydroxylation is 1. The Kier molecular flexibility index (Phi) is 7.14. The number of urea groups is 1. The van der Waals surface area contributed by atoms with Crippen LogP contribution in [-0.4, -0.2) is 61.2 Å². The Balaban J connectivity index is 1.54. The minimum Gasteiger partial charge on any atom is -0.377 e. The van der Waals surface area contributed by atoms with Crippen LogP contribution in [0.2, 0.25) is 0 Å². The third-order valence-electron chi connectivity index (χ3n) is 6.71. The lowest BCUT2D eigenvalue weighted by Crippen LogP contribution is -2.44. The summed E-state index contributed by atoms with van der Waals surface area (Å²) >= 11 is 1.15. The van der Waals surface area contributed by atoms with Crippen molar-refractivity contribution in [2.45, 2.75) is 61.7 Å². The van der Waals surface area contributed by atoms with E-state index in [0.717, 1.165) is 16.9 Å². The van der Waals surface area contributed by atoms with E-state index < -0.39 is 14.6 Å². The zero-order valence-electron chi connectivity index (χ0n) is 21.9. The van der Waals surface area contributed by atoms with Gasteiger partial charge in [-0.3, -0.25) is 0 Å². The van der Waals surface area contributed by atoms with Crippen LogP contribution in [-0.2, 0) is 19.3 Å². The number of anilines is 2. The largest absolute Gasteiger partial charge is 0.377 e. The molecular weight excluding hydrogens is 524 g/mol. The summed E-state index contributed by atoms with van der Waals surface area (Å²) in [7, 11) is -3.73. The second kappa shape index (κ2) is 10.2. The summed E-state index contributed by atoms with van der Waals surface area (Å²) in [6.07, 6.45) is 0.965. The number of rotatable bonds is 7. The monoisotopic (exact) mass is 556 g/mol. The number of carbonyl (C=O) groups excluding carboxylic acids is 1. The number of hydrogen-bond acceptors (Lipinski definition) is 9. The van der Waals surface area contributed by atoms with Crippen LogP contribution in [0.4, 0.5) is 16.3 Å². The van der Waals surface area contributed by atoms with E-state index in [2.05, 4.69) is 27.4 Å². The molecule has 0 spiro atoms. The number of carbonyl (C=O) groups is 1. The molecule has 0 unspecified atom stereocenters. The SMILES string of the molecule is Cc1csc(S(=O)(=O)C2(c3cc(N4CCOC[C@@H]4C)nc(-c4ccc(NC(=O)NC(C)C)cc4)n3)CC2)n1. The predicted octanol–water partition coefficient (Wildman–Crippen LogP) is 4.13. The number of sulfone groups is 1. The molecule has 202 valence electrons. The van der Waals surface area contributed by atoms with Gasteiger partial charge in [0, 0.05) is 41.0 Å². The number of hydrogen-bond donors (Lipinski definition) is 2. The van der Waals surface area contributed by atoms with Crippen LogP contribution in [0.15, 0.2) is 40.1 Å². The average molecular weight is 557 g/mol. The van der Waals surface area contributed by atoms with Crippen LogP contribution in [0.1, 0.15) is 45.0 Å². The van der Waals surface area contributed by atoms with E-state index in [1.54, 1.807) is 24.4 Å². The molecule has 0 radical (unpaired) electrons. The molecule has 1 saturated heterocycles. The average Bonchev–Trinajstić information content (AvgIpc) is 3.59. The highest BCUT2D eigenvalue weighted by Gasteiger charge is 2.59. The number of nitrogens with zero attached hydrogens (tertiary/aromatic N) is 4. The number of nitrogens with one attached hydrogen (secondary N) is 2. The Bertz CT molecular complexity index is 1430. The van der Waals surface area contributed by atoms with E-state index in [9.17, 15) is 13.2 Å². The molecule has 2 amide bonds. The lowest BCUT2D eigenvalue weighted by atomic mass is 10.1. The maximum atomic E-state index is 13.8. The minimum absolute atomic E-state index is 0.0192. The molecule has 1 aliphatic carbocycles. The number of ether oxygens (including phenoxy) is 1. The number of benzene rings is 1. The van der Waals surface area contributed by atoms with Crippen molar-refractivity contribution in [3.63, 3.8) is 0 Å². The van der Waals surface area contributed by atoms with E-state index >= 15 is 0 Å². The van der Waals surface area contributed by atoms with E-state index in [4.69, 9.17) is 14.7 Å². The van der Waals surface area contributed by atoms with Crippen LogP contribution < -0.4 is 15.5 Å². The smallest absolute Gasteiger partial charge is 0.319 e. The van der Waals surface area contributed by atoms with E-state index in [-0.39, 0.29) is 22.5 Å². The highest BCUT2D eigenvalue weighted by Crippen LogP contribution is 2.55. The van der Waals surface area contributed by atoms with Crippen LogP contribution >= 0.6 is 11.3 Å². The summed E-state index contributed by atoms with van der Waals surface area (Å²) < 4.78 is 32.1. The maximum absolute atomic E-state index is 13.8. The first-order chi connectivity index (χ1) is 18.1. The predicted molar refractivity (Wildman–Crippen MR) is 147 cm³/mol. The molecule has 1 aliphatic heterocycles. The van der Waals surface area contributed by atoms with Gasteiger partial charge >= 0.3 is 6.03 Å². The van der Waals surface area contributed by atoms with Crippen molar-refractivity contribution >= 4 is 38.7 Å². The lowest BCUT2D eigenvalue weighted by molar-refractivity contribution is 0.0985. The van der Waals surface area contributed by atoms with E-state index in [1.807, 2.05) is 32.0 Å². The molecule has 3 heterocycles. The van der Waals surface area contributed by atoms with Crippen LogP contribution in [0.5, 0.6) is 0 Å². The van der Waals surface area contributed by atoms with Gasteiger partial charge in [-0.15, -0.1) is 11.3 Å². The number of morpholine rings is 1. The molecule has 1 saturated carbocycles. The molecule has 2 aromatic heterocycles. The van der Waals surface area contributed by atoms with E-state index in [0.29, 0.717) is 61.3 Å². The van der Waals surface area contributed by atoms with Crippen molar-refractivity contribution in [3.8, 4) is 11.4 Å². The zero-order chi connectivity index (χ0) is 27.1. The van der Waals surface area contributed by atoms with Gasteiger partial charge in [0.05, 0.1) is 24.9 Å². The van der Waals surface area contributed by atoms with Gasteiger partial charge in [0.15, 0.2) is 5.82 Å². The Morgan fingerprint density at radius 3 is 2.53 bits per heavy atom. The van der Waals surface area contributed by atoms with Crippen LogP contribution in [0.3, 0.4) is 0 Å². The molecule has 1 aromatic carbocycles. The molecule has 2 fully saturated rings. The Hall–Kier alpha value is -3.09. The zero-order valence-corrected chi connectivity index (χ0v) is 23.5. The molecule has 0 bridgehead atoms. The second-order valence-electron chi connectivity index (χ2n) is 10.1. The first-order valence-corrected chi connectivity index (χ1v) is 15.0. The van der Waals surface area contributed by atoms with Gasteiger partial charge in [-0.25, -0.2) is 28.2 Å². The fourth-order valence-corrected chi connectivity index (χ4v) is 7.81. The summed E-state index contributed by atoms with van der Waals surface area (Å²) in [4.78, 5) is 28.2. The summed E-state index contributed by atoms with van der Waals surface area (Å²) in [5, 5.41) is 7.36. The normalized spacial score (nSPS) is 18.9. The Morgan fingerprint density at radius 2 is 1.92 bits per heavy atom. The van der Waals surface area contributed by atoms with Crippen LogP contribution in [0, 0.1) is 6.92 Å². The maximum Gasteiger partial charge on any atom is 0.319 e. The van der Waals surface area contributed by atoms with Gasteiger partial charge in [-0.1, -0.05) is 0 Å². The summed E-state index contributed by atoms with van der Waals surface area (Å²) in [6.45, 7) is 9.42. The second-order valence-corrected chi connectivity index (χ2v) is 13.4. The fourth-order valence-electron chi connectivity index (χ4n) is 4.54. The van der Waals surface area contributed by atoms with Gasteiger partial charge in [-0.2, -0.15) is 0 Å². The first-order valence-electron chi connectivity index (χ1n) is 12.7. The molecular formula is C26H32N6O4S2. The fraction of sp³-hybridized carbons (Fsp3) is 0.462. The molecule has 1 atom stereocenters. The van der Waals surface area contributed by atoms with Crippen molar-refractivity contribution in [2.24, 2.45) is 0 Å². The van der Waals surface area contributed by atoms with Gasteiger partial charge < -0.3 is 20.3 Å². The van der Waals surface area contributed by atoms with Gasteiger partial charge in [-0.05, 0) is 64.8 Å². The molecule has 10 nitrogen and oxygen atoms in total. The van der Waals surface area contributed by atoms with Crippen molar-refractivity contribution in [2.75, 3.05) is 30.0 Å². The van der Waals surface area contributed by atoms with Crippen molar-refractivity contribution in [1.29, 1.82) is 0 Å². The molecule has 2 aliphatic rings. The Morgan fingerprint density at radius 1 is 1.18 bits per heavy atom. The van der Waals surface area contributed by atoms with Gasteiger partial charge in [0.25, 0.3) is 0 Å². The standard InChI is InChI=1S/C26H32N6O4S2/c1-16(2)27-24(33)29-20-7-5-19(6-8-20)23-30-21(13-22(31-23)32-11-12-36-14-18(32)4)26(9-10-26)38(34,35)25-28-17(3)15-37-25/h5-8,13,15-16,18H,9-12,14H2,1-4H3,(H2,27,29,33)/t18-/m0/s1. The molecule has 2 N–H and O–H groups in total. The molecule has 38 heavy (non-hydrogen) atoms. The van der Waals surface area contributed by atoms with Crippen molar-refractivity contribution in [1.82, 2.24) is 20.3 Å². The number of thiazole rings is 1. The van der Waals surface area contributed by atoms with Crippen LogP contribution in [0.25, 0.3) is 11.4 Å². The summed E-state index contributed by atoms with van der Waals surface area (Å²) in [5.74, 6) is 1.11. The summed E-state index contributed by atoms with van der Waals surface area (Å²) in [5.41, 5.74) is 2.53. The first kappa shape index (κ1) is 26.5. The molecule has 5 rings (SSSR count). The topological polar surface area (TPSA) is 126 Å². The number of amides is 2. The third-order valence-corrected chi connectivity index (χ3v) is 10.6. The highest BCUT2D eigenvalue weighted by molar-refractivity contribution is 7.94. The van der Waals surface area contributed by atoms with E-state index in [1.165, 1.54) is 0 Å². The summed E-state index contributed by atoms with van der Waals surface area (Å²) in [6, 6.07) is 8.86. The van der Waals surface area contributed by atoms with Crippen molar-refractivity contribution in [3.05, 3.63) is 47.1 Å². The molecule has 12 heteroatoms. The number of aromatic nitrogens is 3. The minimum atomic E-state index is -3.73. The third kappa shape index (κ3) is 5.12. The Labute approximate surface area is 226 Å². The van der Waals surface area contributed by atoms with Crippen molar-refractivity contribution < 1.29 is 17.9 Å². The lowest BCUT2D eigenvalue weighted by Gasteiger charge is -2.34.